The molecule has 1 N–H and O–H groups in total. The van der Waals surface area contributed by atoms with Crippen LogP contribution in [0.2, 0.25) is 0 Å². The molecule has 1 saturated heterocycles. The number of hydrogen-bond acceptors (Lipinski definition) is 5. The normalized spacial score (nSPS) is 19.1. The van der Waals surface area contributed by atoms with E-state index in [0.29, 0.717) is 0 Å². The predicted molar refractivity (Wildman–Crippen MR) is 59.0 cm³/mol. The Morgan fingerprint density at radius 3 is 2.75 bits per heavy atom. The third-order valence-electron chi connectivity index (χ3n) is 2.58. The molecule has 5 nitrogen and oxygen atoms in total. The lowest BCUT2D eigenvalue weighted by molar-refractivity contribution is -0.143. The molecule has 2 rings (SSSR count). The maximum Gasteiger partial charge on any atom is 0.345 e. The molecular weight excluding hydrogens is 230 g/mol. The van der Waals surface area contributed by atoms with E-state index in [1.807, 2.05) is 4.90 Å². The second-order valence-corrected chi connectivity index (χ2v) is 4.53. The van der Waals surface area contributed by atoms with E-state index in [4.69, 9.17) is 5.11 Å². The third kappa shape index (κ3) is 1.76. The van der Waals surface area contributed by atoms with Crippen molar-refractivity contribution in [3.63, 3.8) is 0 Å². The summed E-state index contributed by atoms with van der Waals surface area (Å²) in [5.41, 5.74) is 0. The van der Waals surface area contributed by atoms with Gasteiger partial charge < -0.3 is 14.7 Å². The Bertz CT molecular complexity index is 428. The van der Waals surface area contributed by atoms with Gasteiger partial charge in [0.25, 0.3) is 0 Å². The van der Waals surface area contributed by atoms with Gasteiger partial charge in [0, 0.05) is 6.54 Å². The molecular formula is C10H11NO4S. The molecule has 1 atom stereocenters. The lowest BCUT2D eigenvalue weighted by atomic mass is 10.0. The lowest BCUT2D eigenvalue weighted by Gasteiger charge is -2.39. The van der Waals surface area contributed by atoms with Crippen molar-refractivity contribution >= 4 is 28.3 Å². The molecule has 86 valence electrons. The Labute approximate surface area is 96.2 Å². The number of rotatable bonds is 3. The number of ether oxygens (including phenoxy) is 1. The van der Waals surface area contributed by atoms with E-state index in [1.165, 1.54) is 18.4 Å². The summed E-state index contributed by atoms with van der Waals surface area (Å²) in [5, 5.41) is 9.60. The van der Waals surface area contributed by atoms with E-state index in [9.17, 15) is 9.59 Å². The summed E-state index contributed by atoms with van der Waals surface area (Å²) in [4.78, 5) is 24.2. The molecule has 0 bridgehead atoms. The fourth-order valence-corrected chi connectivity index (χ4v) is 2.55. The molecule has 6 heteroatoms. The first-order chi connectivity index (χ1) is 7.63. The maximum atomic E-state index is 11.3. The number of nitrogens with zero attached hydrogens (tertiary/aromatic N) is 1. The minimum atomic E-state index is -0.939. The van der Waals surface area contributed by atoms with Crippen LogP contribution in [0.3, 0.4) is 0 Å². The average Bonchev–Trinajstić information content (AvgIpc) is 2.65. The number of carbonyl (C=O) groups excluding carboxylic acids is 1. The van der Waals surface area contributed by atoms with Crippen LogP contribution >= 0.6 is 11.3 Å². The van der Waals surface area contributed by atoms with E-state index in [-0.39, 0.29) is 16.9 Å². The Balaban J connectivity index is 2.12. The van der Waals surface area contributed by atoms with Crippen LogP contribution in [0, 0.1) is 0 Å². The number of carbonyl (C=O) groups is 2. The summed E-state index contributed by atoms with van der Waals surface area (Å²) in [6.45, 7) is 0.763. The monoisotopic (exact) mass is 241 g/mol. The van der Waals surface area contributed by atoms with Crippen molar-refractivity contribution in [2.75, 3.05) is 18.6 Å². The smallest absolute Gasteiger partial charge is 0.345 e. The third-order valence-corrected chi connectivity index (χ3v) is 3.69. The fourth-order valence-electron chi connectivity index (χ4n) is 1.63. The molecule has 0 radical (unpaired) electrons. The highest BCUT2D eigenvalue weighted by atomic mass is 32.1. The Hall–Kier alpha value is -1.56. The fraction of sp³-hybridized carbons (Fsp3) is 0.400. The number of carboxylic acid groups (broad SMARTS) is 1. The molecule has 0 saturated carbocycles. The molecule has 0 aromatic carbocycles. The average molecular weight is 241 g/mol. The van der Waals surface area contributed by atoms with Crippen LogP contribution in [0.4, 0.5) is 5.00 Å². The summed E-state index contributed by atoms with van der Waals surface area (Å²) in [5.74, 6) is -1.21. The second kappa shape index (κ2) is 4.13. The van der Waals surface area contributed by atoms with Gasteiger partial charge in [-0.3, -0.25) is 0 Å². The molecule has 2 heterocycles. The van der Waals surface area contributed by atoms with Gasteiger partial charge in [-0.25, -0.2) is 9.59 Å². The van der Waals surface area contributed by atoms with Crippen molar-refractivity contribution in [2.45, 2.75) is 12.5 Å². The van der Waals surface area contributed by atoms with E-state index in [0.717, 1.165) is 18.0 Å². The van der Waals surface area contributed by atoms with E-state index < -0.39 is 5.97 Å². The molecule has 0 aliphatic carbocycles. The number of hydrogen-bond donors (Lipinski definition) is 1. The maximum absolute atomic E-state index is 11.3. The Morgan fingerprint density at radius 1 is 1.56 bits per heavy atom. The standard InChI is InChI=1S/C10H11NO4S/c1-15-10(14)6-4-5-11(6)8-3-2-7(16-8)9(12)13/h2-3,6H,4-5H2,1H3,(H,12,13). The van der Waals surface area contributed by atoms with Gasteiger partial charge in [-0.2, -0.15) is 0 Å². The van der Waals surface area contributed by atoms with Gasteiger partial charge in [0.2, 0.25) is 0 Å². The SMILES string of the molecule is COC(=O)C1CCN1c1ccc(C(=O)O)s1. The van der Waals surface area contributed by atoms with Crippen molar-refractivity contribution in [3.8, 4) is 0 Å². The van der Waals surface area contributed by atoms with Gasteiger partial charge in [0.1, 0.15) is 10.9 Å². The van der Waals surface area contributed by atoms with Gasteiger partial charge in [-0.15, -0.1) is 11.3 Å². The zero-order valence-corrected chi connectivity index (χ0v) is 9.49. The van der Waals surface area contributed by atoms with Gasteiger partial charge in [-0.1, -0.05) is 0 Å². The van der Waals surface area contributed by atoms with Crippen molar-refractivity contribution in [1.82, 2.24) is 0 Å². The minimum Gasteiger partial charge on any atom is -0.477 e. The first kappa shape index (κ1) is 10.9. The van der Waals surface area contributed by atoms with Crippen molar-refractivity contribution in [2.24, 2.45) is 0 Å². The quantitative estimate of drug-likeness (QED) is 0.805. The highest BCUT2D eigenvalue weighted by Gasteiger charge is 2.36. The molecule has 1 aromatic rings. The van der Waals surface area contributed by atoms with E-state index >= 15 is 0 Å². The highest BCUT2D eigenvalue weighted by Crippen LogP contribution is 2.33. The molecule has 1 aromatic heterocycles. The zero-order chi connectivity index (χ0) is 11.7. The van der Waals surface area contributed by atoms with Crippen LogP contribution in [0.25, 0.3) is 0 Å². The van der Waals surface area contributed by atoms with Gasteiger partial charge >= 0.3 is 11.9 Å². The molecule has 0 spiro atoms. The number of anilines is 1. The molecule has 16 heavy (non-hydrogen) atoms. The molecule has 1 fully saturated rings. The largest absolute Gasteiger partial charge is 0.477 e. The lowest BCUT2D eigenvalue weighted by Crippen LogP contribution is -2.52. The topological polar surface area (TPSA) is 66.8 Å². The molecule has 1 unspecified atom stereocenters. The summed E-state index contributed by atoms with van der Waals surface area (Å²) >= 11 is 1.18. The van der Waals surface area contributed by atoms with E-state index in [1.54, 1.807) is 12.1 Å². The van der Waals surface area contributed by atoms with Gasteiger partial charge in [0.15, 0.2) is 0 Å². The number of thiophene rings is 1. The Morgan fingerprint density at radius 2 is 2.31 bits per heavy atom. The number of esters is 1. The number of carboxylic acids is 1. The van der Waals surface area contributed by atoms with Crippen molar-refractivity contribution < 1.29 is 19.4 Å². The first-order valence-electron chi connectivity index (χ1n) is 4.81. The van der Waals surface area contributed by atoms with Gasteiger partial charge in [0.05, 0.1) is 12.1 Å². The van der Waals surface area contributed by atoms with Crippen LogP contribution in [0.15, 0.2) is 12.1 Å². The van der Waals surface area contributed by atoms with E-state index in [2.05, 4.69) is 4.74 Å². The Kier molecular flexibility index (Phi) is 2.82. The summed E-state index contributed by atoms with van der Waals surface area (Å²) in [6, 6.07) is 3.02. The van der Waals surface area contributed by atoms with Crippen LogP contribution in [0.5, 0.6) is 0 Å². The summed E-state index contributed by atoms with van der Waals surface area (Å²) in [7, 11) is 1.36. The summed E-state index contributed by atoms with van der Waals surface area (Å²) in [6.07, 6.45) is 0.757. The highest BCUT2D eigenvalue weighted by molar-refractivity contribution is 7.17. The van der Waals surface area contributed by atoms with Gasteiger partial charge in [-0.05, 0) is 18.6 Å². The zero-order valence-electron chi connectivity index (χ0n) is 8.67. The van der Waals surface area contributed by atoms with Crippen molar-refractivity contribution in [1.29, 1.82) is 0 Å². The predicted octanol–water partition coefficient (Wildman–Crippen LogP) is 1.20. The molecule has 0 amide bonds. The van der Waals surface area contributed by atoms with Crippen LogP contribution in [-0.4, -0.2) is 36.7 Å². The van der Waals surface area contributed by atoms with Crippen LogP contribution in [-0.2, 0) is 9.53 Å². The minimum absolute atomic E-state index is 0.259. The van der Waals surface area contributed by atoms with Crippen LogP contribution in [0.1, 0.15) is 16.1 Å². The molecule has 1 aliphatic heterocycles. The van der Waals surface area contributed by atoms with Crippen LogP contribution < -0.4 is 4.90 Å². The number of aromatic carboxylic acids is 1. The van der Waals surface area contributed by atoms with Crippen molar-refractivity contribution in [3.05, 3.63) is 17.0 Å². The summed E-state index contributed by atoms with van der Waals surface area (Å²) < 4.78 is 4.67. The number of methoxy groups -OCH3 is 1. The second-order valence-electron chi connectivity index (χ2n) is 3.46. The molecule has 1 aliphatic rings. The first-order valence-corrected chi connectivity index (χ1v) is 5.62.